The topological polar surface area (TPSA) is 80.3 Å². The van der Waals surface area contributed by atoms with E-state index in [0.29, 0.717) is 32.3 Å². The average molecular weight is 693 g/mol. The molecule has 0 spiro atoms. The molecular formula is C38H68O7Si2. The standard InChI is InChI=1S/C38H68O7Si2/c1-15-38(16-2,41-17-3)35(40)43-32-24-29(44-46(11,12)36(5,6)7)22-27-19-18-26(4)31(34(27)32)21-20-28-23-30(25-33(39)42-28)45-47(13,14)37(8,9)10/h18-19,22,26,28-32,34H,15-17,20-21,23-25H2,1-14H3. The van der Waals surface area contributed by atoms with Gasteiger partial charge in [-0.1, -0.05) is 80.5 Å². The van der Waals surface area contributed by atoms with E-state index in [0.717, 1.165) is 19.3 Å². The van der Waals surface area contributed by atoms with Crippen molar-refractivity contribution in [1.82, 2.24) is 0 Å². The monoisotopic (exact) mass is 692 g/mol. The van der Waals surface area contributed by atoms with Crippen LogP contribution in [0.15, 0.2) is 23.8 Å². The normalized spacial score (nSPS) is 29.2. The number of rotatable bonds is 13. The fourth-order valence-corrected chi connectivity index (χ4v) is 9.65. The second-order valence-corrected chi connectivity index (χ2v) is 26.9. The van der Waals surface area contributed by atoms with Gasteiger partial charge in [-0.25, -0.2) is 4.79 Å². The van der Waals surface area contributed by atoms with Crippen LogP contribution in [-0.2, 0) is 32.7 Å². The van der Waals surface area contributed by atoms with Crippen LogP contribution in [0, 0.1) is 17.8 Å². The van der Waals surface area contributed by atoms with Gasteiger partial charge >= 0.3 is 11.9 Å². The maximum absolute atomic E-state index is 14.0. The minimum atomic E-state index is -2.08. The van der Waals surface area contributed by atoms with Crippen LogP contribution in [0.1, 0.15) is 114 Å². The van der Waals surface area contributed by atoms with Gasteiger partial charge in [0.15, 0.2) is 22.2 Å². The molecule has 0 saturated carbocycles. The minimum Gasteiger partial charge on any atom is -0.462 e. The van der Waals surface area contributed by atoms with Crippen LogP contribution in [-0.4, -0.2) is 65.2 Å². The van der Waals surface area contributed by atoms with Crippen molar-refractivity contribution in [2.75, 3.05) is 6.61 Å². The van der Waals surface area contributed by atoms with Crippen LogP contribution in [0.3, 0.4) is 0 Å². The Labute approximate surface area is 289 Å². The summed E-state index contributed by atoms with van der Waals surface area (Å²) in [5.74, 6) is 0.106. The van der Waals surface area contributed by atoms with E-state index in [2.05, 4.69) is 92.9 Å². The Morgan fingerprint density at radius 1 is 0.915 bits per heavy atom. The first kappa shape index (κ1) is 40.2. The molecule has 1 aliphatic heterocycles. The van der Waals surface area contributed by atoms with Crippen molar-refractivity contribution >= 4 is 28.6 Å². The summed E-state index contributed by atoms with van der Waals surface area (Å²) in [7, 11) is -4.11. The van der Waals surface area contributed by atoms with Gasteiger partial charge < -0.3 is 23.1 Å². The smallest absolute Gasteiger partial charge is 0.338 e. The first-order chi connectivity index (χ1) is 21.6. The molecule has 270 valence electrons. The third-order valence-corrected chi connectivity index (χ3v) is 21.1. The van der Waals surface area contributed by atoms with E-state index < -0.39 is 22.2 Å². The van der Waals surface area contributed by atoms with Crippen molar-refractivity contribution < 1.29 is 32.7 Å². The molecular weight excluding hydrogens is 625 g/mol. The van der Waals surface area contributed by atoms with Gasteiger partial charge in [0.1, 0.15) is 12.2 Å². The Morgan fingerprint density at radius 3 is 2.06 bits per heavy atom. The summed E-state index contributed by atoms with van der Waals surface area (Å²) in [6.07, 6.45) is 10.5. The lowest BCUT2D eigenvalue weighted by Crippen LogP contribution is -2.50. The summed E-state index contributed by atoms with van der Waals surface area (Å²) in [5, 5.41) is 0.136. The predicted octanol–water partition coefficient (Wildman–Crippen LogP) is 9.53. The SMILES string of the molecule is CCOC(CC)(CC)C(=O)OC1CC(O[Si](C)(C)C(C)(C)C)C=C2C=CC(C)C(CCC3CC(O[Si](C)(C)C(C)(C)C)CC(=O)O3)C21. The maximum Gasteiger partial charge on any atom is 0.338 e. The number of esters is 2. The average Bonchev–Trinajstić information content (AvgIpc) is 2.93. The number of hydrogen-bond donors (Lipinski definition) is 0. The zero-order valence-electron chi connectivity index (χ0n) is 32.3. The molecule has 1 heterocycles. The number of fused-ring (bicyclic) bond motifs is 1. The van der Waals surface area contributed by atoms with Crippen LogP contribution in [0.5, 0.6) is 0 Å². The quantitative estimate of drug-likeness (QED) is 0.141. The second kappa shape index (κ2) is 15.3. The Hall–Kier alpha value is -1.27. The van der Waals surface area contributed by atoms with E-state index >= 15 is 0 Å². The van der Waals surface area contributed by atoms with E-state index in [9.17, 15) is 9.59 Å². The fraction of sp³-hybridized carbons (Fsp3) is 0.842. The summed E-state index contributed by atoms with van der Waals surface area (Å²) in [6, 6.07) is 0. The Bertz CT molecular complexity index is 1140. The highest BCUT2D eigenvalue weighted by Crippen LogP contribution is 2.47. The van der Waals surface area contributed by atoms with Gasteiger partial charge in [-0.05, 0) is 86.3 Å². The van der Waals surface area contributed by atoms with Crippen LogP contribution < -0.4 is 0 Å². The molecule has 9 heteroatoms. The van der Waals surface area contributed by atoms with Gasteiger partial charge in [0.2, 0.25) is 0 Å². The number of carbonyl (C=O) groups excluding carboxylic acids is 2. The maximum atomic E-state index is 14.0. The lowest BCUT2D eigenvalue weighted by molar-refractivity contribution is -0.184. The molecule has 1 fully saturated rings. The van der Waals surface area contributed by atoms with E-state index in [-0.39, 0.29) is 64.2 Å². The van der Waals surface area contributed by atoms with Gasteiger partial charge in [0.25, 0.3) is 0 Å². The number of hydrogen-bond acceptors (Lipinski definition) is 7. The van der Waals surface area contributed by atoms with Crippen molar-refractivity contribution in [3.05, 3.63) is 23.8 Å². The molecule has 1 saturated heterocycles. The number of ether oxygens (including phenoxy) is 3. The van der Waals surface area contributed by atoms with Crippen molar-refractivity contribution in [2.24, 2.45) is 17.8 Å². The lowest BCUT2D eigenvalue weighted by Gasteiger charge is -2.47. The molecule has 0 radical (unpaired) electrons. The van der Waals surface area contributed by atoms with Crippen molar-refractivity contribution in [3.63, 3.8) is 0 Å². The fourth-order valence-electron chi connectivity index (χ4n) is 7.01. The molecule has 0 N–H and O–H groups in total. The molecule has 47 heavy (non-hydrogen) atoms. The summed E-state index contributed by atoms with van der Waals surface area (Å²) in [6.45, 7) is 31.2. The third kappa shape index (κ3) is 9.50. The Kier molecular flexibility index (Phi) is 13.1. The Balaban J connectivity index is 1.89. The minimum absolute atomic E-state index is 0.0322. The van der Waals surface area contributed by atoms with Gasteiger partial charge in [0.05, 0.1) is 18.6 Å². The second-order valence-electron chi connectivity index (χ2n) is 17.4. The highest BCUT2D eigenvalue weighted by atomic mass is 28.4. The van der Waals surface area contributed by atoms with E-state index in [1.165, 1.54) is 5.57 Å². The van der Waals surface area contributed by atoms with Gasteiger partial charge in [0, 0.05) is 25.4 Å². The zero-order valence-corrected chi connectivity index (χ0v) is 34.3. The molecule has 0 aromatic rings. The van der Waals surface area contributed by atoms with Gasteiger partial charge in [-0.2, -0.15) is 0 Å². The Morgan fingerprint density at radius 2 is 1.51 bits per heavy atom. The molecule has 3 rings (SSSR count). The summed E-state index contributed by atoms with van der Waals surface area (Å²) in [5.41, 5.74) is 0.239. The summed E-state index contributed by atoms with van der Waals surface area (Å²) < 4.78 is 32.2. The van der Waals surface area contributed by atoms with Crippen LogP contribution in [0.4, 0.5) is 0 Å². The molecule has 7 nitrogen and oxygen atoms in total. The van der Waals surface area contributed by atoms with Crippen LogP contribution >= 0.6 is 0 Å². The van der Waals surface area contributed by atoms with Crippen molar-refractivity contribution in [1.29, 1.82) is 0 Å². The molecule has 0 bridgehead atoms. The largest absolute Gasteiger partial charge is 0.462 e. The predicted molar refractivity (Wildman–Crippen MR) is 195 cm³/mol. The zero-order chi connectivity index (χ0) is 35.6. The van der Waals surface area contributed by atoms with Gasteiger partial charge in [-0.15, -0.1) is 0 Å². The molecule has 0 aromatic carbocycles. The molecule has 2 aliphatic carbocycles. The summed E-state index contributed by atoms with van der Waals surface area (Å²) in [4.78, 5) is 26.8. The lowest BCUT2D eigenvalue weighted by atomic mass is 9.66. The van der Waals surface area contributed by atoms with E-state index in [4.69, 9.17) is 23.1 Å². The number of carbonyl (C=O) groups is 2. The molecule has 7 atom stereocenters. The molecule has 0 amide bonds. The van der Waals surface area contributed by atoms with E-state index in [1.54, 1.807) is 0 Å². The first-order valence-corrected chi connectivity index (χ1v) is 24.2. The van der Waals surface area contributed by atoms with Crippen LogP contribution in [0.2, 0.25) is 36.3 Å². The molecule has 3 aliphatic rings. The van der Waals surface area contributed by atoms with Crippen LogP contribution in [0.25, 0.3) is 0 Å². The summed E-state index contributed by atoms with van der Waals surface area (Å²) >= 11 is 0. The first-order valence-electron chi connectivity index (χ1n) is 18.4. The highest BCUT2D eigenvalue weighted by Gasteiger charge is 2.48. The molecule has 0 aromatic heterocycles. The van der Waals surface area contributed by atoms with E-state index in [1.807, 2.05) is 20.8 Å². The van der Waals surface area contributed by atoms with Crippen molar-refractivity contribution in [2.45, 2.75) is 180 Å². The van der Waals surface area contributed by atoms with Crippen molar-refractivity contribution in [3.8, 4) is 0 Å². The third-order valence-electron chi connectivity index (χ3n) is 12.1. The number of cyclic esters (lactones) is 1. The van der Waals surface area contributed by atoms with Gasteiger partial charge in [-0.3, -0.25) is 4.79 Å². The number of allylic oxidation sites excluding steroid dienone is 2. The molecule has 7 unspecified atom stereocenters. The highest BCUT2D eigenvalue weighted by molar-refractivity contribution is 6.74.